The number of phenols is 1. The summed E-state index contributed by atoms with van der Waals surface area (Å²) in [5, 5.41) is 9.67. The summed E-state index contributed by atoms with van der Waals surface area (Å²) < 4.78 is 181. The Hall–Kier alpha value is -4.83. The first-order valence-electron chi connectivity index (χ1n) is 14.8. The summed E-state index contributed by atoms with van der Waals surface area (Å²) in [5.41, 5.74) is -10.1. The third-order valence-electron chi connectivity index (χ3n) is 8.83. The average Bonchev–Trinajstić information content (AvgIpc) is 3.31. The lowest BCUT2D eigenvalue weighted by atomic mass is 9.68. The molecule has 0 bridgehead atoms. The van der Waals surface area contributed by atoms with Crippen LogP contribution < -0.4 is 4.74 Å². The first kappa shape index (κ1) is 37.4. The van der Waals surface area contributed by atoms with Gasteiger partial charge in [-0.2, -0.15) is 52.7 Å². The van der Waals surface area contributed by atoms with E-state index in [-0.39, 0.29) is 40.8 Å². The first-order chi connectivity index (χ1) is 23.5. The minimum absolute atomic E-state index is 0.131. The Morgan fingerprint density at radius 3 is 1.88 bits per heavy atom. The van der Waals surface area contributed by atoms with Gasteiger partial charge in [-0.3, -0.25) is 0 Å². The lowest BCUT2D eigenvalue weighted by Crippen LogP contribution is -2.52. The summed E-state index contributed by atoms with van der Waals surface area (Å²) in [6.07, 6.45) is -25.8. The highest BCUT2D eigenvalue weighted by molar-refractivity contribution is 5.83. The predicted octanol–water partition coefficient (Wildman–Crippen LogP) is 10.5. The number of ether oxygens (including phenoxy) is 2. The Bertz CT molecular complexity index is 1840. The van der Waals surface area contributed by atoms with Crippen molar-refractivity contribution in [2.24, 2.45) is 5.41 Å². The summed E-state index contributed by atoms with van der Waals surface area (Å²) in [5.74, 6) is -0.340. The largest absolute Gasteiger partial charge is 0.508 e. The molecular weight excluding hydrogens is 714 g/mol. The summed E-state index contributed by atoms with van der Waals surface area (Å²) in [6, 6.07) is 7.96. The first-order valence-corrected chi connectivity index (χ1v) is 14.8. The van der Waals surface area contributed by atoms with Gasteiger partial charge in [0.25, 0.3) is 0 Å². The van der Waals surface area contributed by atoms with Gasteiger partial charge in [-0.15, -0.1) is 0 Å². The maximum atomic E-state index is 15.6. The molecule has 1 amide bonds. The number of hydrogen-bond donors (Lipinski definition) is 1. The molecule has 0 saturated carbocycles. The molecule has 1 N–H and O–H groups in total. The smallest absolute Gasteiger partial charge is 0.416 e. The Labute approximate surface area is 281 Å². The molecule has 17 heteroatoms. The van der Waals surface area contributed by atoms with E-state index >= 15 is 13.2 Å². The van der Waals surface area contributed by atoms with Crippen LogP contribution in [-0.2, 0) is 17.1 Å². The zero-order chi connectivity index (χ0) is 37.9. The number of phenolic OH excluding ortho intramolecular Hbond substituents is 1. The van der Waals surface area contributed by atoms with Crippen molar-refractivity contribution in [3.8, 4) is 22.6 Å². The van der Waals surface area contributed by atoms with Crippen molar-refractivity contribution >= 4 is 11.7 Å². The van der Waals surface area contributed by atoms with Crippen LogP contribution in [0.2, 0.25) is 0 Å². The Morgan fingerprint density at radius 2 is 1.37 bits per heavy atom. The van der Waals surface area contributed by atoms with Gasteiger partial charge in [-0.25, -0.2) is 4.79 Å². The van der Waals surface area contributed by atoms with Gasteiger partial charge in [0.05, 0.1) is 24.3 Å². The van der Waals surface area contributed by atoms with Crippen LogP contribution in [0.15, 0.2) is 78.4 Å². The van der Waals surface area contributed by atoms with Crippen molar-refractivity contribution in [3.05, 3.63) is 101 Å². The number of halogens is 12. The van der Waals surface area contributed by atoms with Gasteiger partial charge in [0, 0.05) is 17.7 Å². The molecule has 1 fully saturated rings. The Balaban J connectivity index is 1.66. The van der Waals surface area contributed by atoms with Gasteiger partial charge in [-0.1, -0.05) is 30.4 Å². The van der Waals surface area contributed by atoms with Crippen LogP contribution in [-0.4, -0.2) is 48.1 Å². The number of allylic oxidation sites excluding steroid dienone is 3. The highest BCUT2D eigenvalue weighted by atomic mass is 19.4. The molecule has 5 rings (SSSR count). The van der Waals surface area contributed by atoms with Crippen LogP contribution in [0.3, 0.4) is 0 Å². The molecule has 51 heavy (non-hydrogen) atoms. The van der Waals surface area contributed by atoms with Gasteiger partial charge in [-0.05, 0) is 78.1 Å². The number of methoxy groups -OCH3 is 1. The van der Waals surface area contributed by atoms with Gasteiger partial charge < -0.3 is 19.5 Å². The number of nitrogens with zero attached hydrogens (tertiary/aromatic N) is 1. The highest BCUT2D eigenvalue weighted by Crippen LogP contribution is 2.58. The minimum atomic E-state index is -5.57. The third-order valence-corrected chi connectivity index (χ3v) is 8.83. The quantitative estimate of drug-likeness (QED) is 0.256. The Kier molecular flexibility index (Phi) is 9.35. The van der Waals surface area contributed by atoms with E-state index in [2.05, 4.69) is 0 Å². The van der Waals surface area contributed by atoms with Crippen LogP contribution >= 0.6 is 0 Å². The zero-order valence-electron chi connectivity index (χ0n) is 26.2. The molecule has 1 aliphatic carbocycles. The minimum Gasteiger partial charge on any atom is -0.508 e. The van der Waals surface area contributed by atoms with Crippen LogP contribution in [0.1, 0.15) is 41.7 Å². The van der Waals surface area contributed by atoms with E-state index in [1.54, 1.807) is 0 Å². The molecule has 0 spiro atoms. The monoisotopic (exact) mass is 739 g/mol. The molecular formula is C34H25F12NO4. The summed E-state index contributed by atoms with van der Waals surface area (Å²) in [4.78, 5) is 13.5. The second kappa shape index (κ2) is 12.7. The van der Waals surface area contributed by atoms with Crippen LogP contribution in [0.25, 0.3) is 16.7 Å². The fourth-order valence-electron chi connectivity index (χ4n) is 6.19. The topological polar surface area (TPSA) is 59.0 Å². The Morgan fingerprint density at radius 1 is 0.804 bits per heavy atom. The number of rotatable bonds is 6. The van der Waals surface area contributed by atoms with Crippen molar-refractivity contribution in [2.45, 2.75) is 50.2 Å². The SMILES string of the molecule is COc1ccc(-c2ccc(O)cc2)cc1C1=CC=C(C(F)(F)F)CC1(CN1C(=O)O[C@H](c2cc(C(F)(F)F)cc(C(F)(F)F)c2)[C@@H]1C)C(F)(F)F. The summed E-state index contributed by atoms with van der Waals surface area (Å²) >= 11 is 0. The number of benzene rings is 3. The molecule has 0 aromatic heterocycles. The number of carbonyl (C=O) groups is 1. The van der Waals surface area contributed by atoms with Crippen molar-refractivity contribution in [1.29, 1.82) is 0 Å². The molecule has 5 nitrogen and oxygen atoms in total. The van der Waals surface area contributed by atoms with E-state index in [1.165, 1.54) is 42.5 Å². The number of aromatic hydroxyl groups is 1. The van der Waals surface area contributed by atoms with Crippen LogP contribution in [0.5, 0.6) is 11.5 Å². The molecule has 1 heterocycles. The number of carbonyl (C=O) groups excluding carboxylic acids is 1. The number of cyclic esters (lactones) is 1. The fraction of sp³-hybridized carbons (Fsp3) is 0.324. The molecule has 2 aliphatic rings. The van der Waals surface area contributed by atoms with Crippen molar-refractivity contribution in [3.63, 3.8) is 0 Å². The van der Waals surface area contributed by atoms with E-state index in [9.17, 15) is 49.4 Å². The maximum Gasteiger partial charge on any atom is 0.416 e. The lowest BCUT2D eigenvalue weighted by molar-refractivity contribution is -0.209. The molecule has 3 atom stereocenters. The normalized spacial score (nSPS) is 21.7. The summed E-state index contributed by atoms with van der Waals surface area (Å²) in [7, 11) is 1.10. The maximum absolute atomic E-state index is 15.6. The molecule has 3 aromatic carbocycles. The van der Waals surface area contributed by atoms with Gasteiger partial charge >= 0.3 is 30.8 Å². The van der Waals surface area contributed by atoms with Gasteiger partial charge in [0.2, 0.25) is 0 Å². The van der Waals surface area contributed by atoms with E-state index in [1.807, 2.05) is 0 Å². The molecule has 3 aromatic rings. The second-order valence-electron chi connectivity index (χ2n) is 12.0. The van der Waals surface area contributed by atoms with Crippen molar-refractivity contribution < 1.29 is 72.1 Å². The molecule has 1 unspecified atom stereocenters. The van der Waals surface area contributed by atoms with Crippen LogP contribution in [0, 0.1) is 5.41 Å². The number of alkyl halides is 12. The van der Waals surface area contributed by atoms with E-state index < -0.39 is 89.2 Å². The van der Waals surface area contributed by atoms with Crippen molar-refractivity contribution in [2.75, 3.05) is 13.7 Å². The van der Waals surface area contributed by atoms with E-state index in [0.29, 0.717) is 22.6 Å². The average molecular weight is 740 g/mol. The van der Waals surface area contributed by atoms with Crippen molar-refractivity contribution in [1.82, 2.24) is 4.90 Å². The van der Waals surface area contributed by atoms with E-state index in [0.717, 1.165) is 14.0 Å². The predicted molar refractivity (Wildman–Crippen MR) is 157 cm³/mol. The number of amides is 1. The molecule has 0 radical (unpaired) electrons. The van der Waals surface area contributed by atoms with Gasteiger partial charge in [0.1, 0.15) is 23.0 Å². The second-order valence-corrected chi connectivity index (χ2v) is 12.0. The number of hydrogen-bond acceptors (Lipinski definition) is 4. The van der Waals surface area contributed by atoms with Gasteiger partial charge in [0.15, 0.2) is 0 Å². The van der Waals surface area contributed by atoms with E-state index in [4.69, 9.17) is 9.47 Å². The summed E-state index contributed by atoms with van der Waals surface area (Å²) in [6.45, 7) is -0.587. The molecule has 1 aliphatic heterocycles. The standard InChI is InChI=1S/C34H25F12NO4/c1-17-28(20-11-22(32(38,39)40)14-23(12-20)33(41,42)43)51-29(49)47(17)16-30(34(44,45)46)15-21(31(35,36)37)6-9-26(30)25-13-19(5-10-27(25)50-2)18-3-7-24(48)8-4-18/h3-14,17,28,48H,15-16H2,1-2H3/t17-,28-,30?/m0/s1. The molecule has 274 valence electrons. The van der Waals surface area contributed by atoms with Crippen LogP contribution in [0.4, 0.5) is 57.5 Å². The lowest BCUT2D eigenvalue weighted by Gasteiger charge is -2.43. The third kappa shape index (κ3) is 7.19. The highest BCUT2D eigenvalue weighted by Gasteiger charge is 2.63. The zero-order valence-corrected chi connectivity index (χ0v) is 26.2. The fourth-order valence-corrected chi connectivity index (χ4v) is 6.19. The molecule has 1 saturated heterocycles.